The maximum Gasteiger partial charge on any atom is 0.209 e. The van der Waals surface area contributed by atoms with Gasteiger partial charge in [-0.2, -0.15) is 0 Å². The van der Waals surface area contributed by atoms with Gasteiger partial charge in [0.2, 0.25) is 6.41 Å². The van der Waals surface area contributed by atoms with Crippen LogP contribution in [0.3, 0.4) is 0 Å². The van der Waals surface area contributed by atoms with E-state index in [1.54, 1.807) is 11.3 Å². The van der Waals surface area contributed by atoms with E-state index in [4.69, 9.17) is 0 Å². The standard InChI is InChI=1S/C11H14BrNOS2/c1-8-10(6-11(12)16-8)15-5-4-13(7-14)9-2-3-9/h6-7,9H,2-5H2,1H3. The Bertz CT molecular complexity index is 376. The Kier molecular flexibility index (Phi) is 4.33. The van der Waals surface area contributed by atoms with E-state index in [0.29, 0.717) is 6.04 Å². The average Bonchev–Trinajstić information content (AvgIpc) is 3.01. The molecule has 1 saturated carbocycles. The molecule has 2 nitrogen and oxygen atoms in total. The molecule has 1 aromatic heterocycles. The zero-order valence-corrected chi connectivity index (χ0v) is 12.3. The second-order valence-electron chi connectivity index (χ2n) is 3.89. The van der Waals surface area contributed by atoms with Crippen molar-refractivity contribution in [3.05, 3.63) is 14.7 Å². The molecule has 1 heterocycles. The Hall–Kier alpha value is -0.000000000000000111. The molecule has 16 heavy (non-hydrogen) atoms. The highest BCUT2D eigenvalue weighted by atomic mass is 79.9. The second kappa shape index (κ2) is 5.56. The molecule has 1 fully saturated rings. The van der Waals surface area contributed by atoms with E-state index in [-0.39, 0.29) is 0 Å². The molecule has 1 aliphatic carbocycles. The Morgan fingerprint density at radius 2 is 2.44 bits per heavy atom. The number of nitrogens with zero attached hydrogens (tertiary/aromatic N) is 1. The first-order valence-electron chi connectivity index (χ1n) is 5.30. The van der Waals surface area contributed by atoms with Crippen LogP contribution >= 0.6 is 39.0 Å². The fourth-order valence-corrected chi connectivity index (χ4v) is 4.60. The molecule has 2 rings (SSSR count). The molecule has 0 aromatic carbocycles. The molecule has 0 saturated heterocycles. The topological polar surface area (TPSA) is 20.3 Å². The van der Waals surface area contributed by atoms with E-state index in [1.165, 1.54) is 26.4 Å². The largest absolute Gasteiger partial charge is 0.341 e. The summed E-state index contributed by atoms with van der Waals surface area (Å²) in [5.41, 5.74) is 0. The van der Waals surface area contributed by atoms with Gasteiger partial charge in [0, 0.05) is 28.1 Å². The van der Waals surface area contributed by atoms with Gasteiger partial charge < -0.3 is 4.90 Å². The monoisotopic (exact) mass is 319 g/mol. The van der Waals surface area contributed by atoms with Crippen molar-refractivity contribution in [2.24, 2.45) is 0 Å². The van der Waals surface area contributed by atoms with E-state index in [0.717, 1.165) is 18.7 Å². The van der Waals surface area contributed by atoms with Gasteiger partial charge in [0.1, 0.15) is 0 Å². The van der Waals surface area contributed by atoms with Gasteiger partial charge in [0.15, 0.2) is 0 Å². The van der Waals surface area contributed by atoms with Gasteiger partial charge in [-0.15, -0.1) is 23.1 Å². The van der Waals surface area contributed by atoms with Gasteiger partial charge in [0.25, 0.3) is 0 Å². The predicted octanol–water partition coefficient (Wildman–Crippen LogP) is 3.53. The van der Waals surface area contributed by atoms with Crippen molar-refractivity contribution < 1.29 is 4.79 Å². The first-order chi connectivity index (χ1) is 7.70. The molecule has 5 heteroatoms. The minimum atomic E-state index is 0.536. The van der Waals surface area contributed by atoms with E-state index < -0.39 is 0 Å². The third-order valence-corrected chi connectivity index (χ3v) is 5.40. The van der Waals surface area contributed by atoms with Crippen LogP contribution in [0.1, 0.15) is 17.7 Å². The van der Waals surface area contributed by atoms with Gasteiger partial charge in [-0.05, 0) is 41.8 Å². The number of aryl methyl sites for hydroxylation is 1. The quantitative estimate of drug-likeness (QED) is 0.590. The summed E-state index contributed by atoms with van der Waals surface area (Å²) in [5, 5.41) is 0. The minimum absolute atomic E-state index is 0.536. The lowest BCUT2D eigenvalue weighted by atomic mass is 10.5. The fraction of sp³-hybridized carbons (Fsp3) is 0.545. The van der Waals surface area contributed by atoms with Crippen LogP contribution in [0, 0.1) is 6.92 Å². The van der Waals surface area contributed by atoms with Crippen molar-refractivity contribution in [1.29, 1.82) is 0 Å². The first-order valence-corrected chi connectivity index (χ1v) is 7.90. The molecule has 0 atom stereocenters. The molecule has 88 valence electrons. The zero-order chi connectivity index (χ0) is 11.5. The van der Waals surface area contributed by atoms with Gasteiger partial charge in [-0.1, -0.05) is 0 Å². The third-order valence-electron chi connectivity index (χ3n) is 2.60. The van der Waals surface area contributed by atoms with Crippen molar-refractivity contribution in [2.75, 3.05) is 12.3 Å². The van der Waals surface area contributed by atoms with Crippen molar-refractivity contribution in [2.45, 2.75) is 30.7 Å². The molecule has 0 unspecified atom stereocenters. The minimum Gasteiger partial charge on any atom is -0.341 e. The number of halogens is 1. The number of carbonyl (C=O) groups is 1. The zero-order valence-electron chi connectivity index (χ0n) is 9.11. The Morgan fingerprint density at radius 1 is 1.69 bits per heavy atom. The molecule has 0 spiro atoms. The van der Waals surface area contributed by atoms with Gasteiger partial charge in [0.05, 0.1) is 3.79 Å². The van der Waals surface area contributed by atoms with Gasteiger partial charge >= 0.3 is 0 Å². The lowest BCUT2D eigenvalue weighted by Gasteiger charge is -2.15. The summed E-state index contributed by atoms with van der Waals surface area (Å²) >= 11 is 7.09. The van der Waals surface area contributed by atoms with Crippen LogP contribution in [0.4, 0.5) is 0 Å². The number of rotatable bonds is 6. The highest BCUT2D eigenvalue weighted by Crippen LogP contribution is 2.33. The predicted molar refractivity (Wildman–Crippen MR) is 73.3 cm³/mol. The fourth-order valence-electron chi connectivity index (χ4n) is 1.56. The van der Waals surface area contributed by atoms with Crippen molar-refractivity contribution in [3.8, 4) is 0 Å². The van der Waals surface area contributed by atoms with Crippen molar-refractivity contribution >= 4 is 45.4 Å². The Balaban J connectivity index is 1.78. The number of hydrogen-bond acceptors (Lipinski definition) is 3. The number of carbonyl (C=O) groups excluding carboxylic acids is 1. The van der Waals surface area contributed by atoms with Gasteiger partial charge in [-0.3, -0.25) is 4.79 Å². The molecule has 0 N–H and O–H groups in total. The summed E-state index contributed by atoms with van der Waals surface area (Å²) in [5.74, 6) is 0.985. The van der Waals surface area contributed by atoms with Crippen LogP contribution in [0.2, 0.25) is 0 Å². The SMILES string of the molecule is Cc1sc(Br)cc1SCCN(C=O)C1CC1. The molecule has 0 radical (unpaired) electrons. The van der Waals surface area contributed by atoms with Crippen LogP contribution in [0.5, 0.6) is 0 Å². The summed E-state index contributed by atoms with van der Waals surface area (Å²) < 4.78 is 1.18. The van der Waals surface area contributed by atoms with Gasteiger partial charge in [-0.25, -0.2) is 0 Å². The second-order valence-corrected chi connectivity index (χ2v) is 7.67. The maximum atomic E-state index is 10.8. The van der Waals surface area contributed by atoms with Crippen LogP contribution < -0.4 is 0 Å². The highest BCUT2D eigenvalue weighted by molar-refractivity contribution is 9.11. The number of thioether (sulfide) groups is 1. The van der Waals surface area contributed by atoms with Crippen LogP contribution in [0.25, 0.3) is 0 Å². The van der Waals surface area contributed by atoms with E-state index in [2.05, 4.69) is 28.9 Å². The molecular weight excluding hydrogens is 306 g/mol. The molecule has 0 bridgehead atoms. The lowest BCUT2D eigenvalue weighted by Crippen LogP contribution is -2.26. The van der Waals surface area contributed by atoms with E-state index in [1.807, 2.05) is 16.7 Å². The van der Waals surface area contributed by atoms with Crippen LogP contribution in [0.15, 0.2) is 14.7 Å². The number of amides is 1. The summed E-state index contributed by atoms with van der Waals surface area (Å²) in [6.45, 7) is 3.00. The lowest BCUT2D eigenvalue weighted by molar-refractivity contribution is -0.118. The van der Waals surface area contributed by atoms with E-state index >= 15 is 0 Å². The molecule has 1 aromatic rings. The van der Waals surface area contributed by atoms with E-state index in [9.17, 15) is 4.79 Å². The molecule has 1 amide bonds. The number of hydrogen-bond donors (Lipinski definition) is 0. The van der Waals surface area contributed by atoms with Crippen molar-refractivity contribution in [3.63, 3.8) is 0 Å². The van der Waals surface area contributed by atoms with Crippen LogP contribution in [-0.2, 0) is 4.79 Å². The molecule has 1 aliphatic rings. The van der Waals surface area contributed by atoms with Crippen LogP contribution in [-0.4, -0.2) is 29.6 Å². The highest BCUT2D eigenvalue weighted by Gasteiger charge is 2.27. The Labute approximate surface area is 113 Å². The summed E-state index contributed by atoms with van der Waals surface area (Å²) in [7, 11) is 0. The first kappa shape index (κ1) is 12.5. The number of thiophene rings is 1. The smallest absolute Gasteiger partial charge is 0.209 e. The maximum absolute atomic E-state index is 10.8. The van der Waals surface area contributed by atoms with Crippen molar-refractivity contribution in [1.82, 2.24) is 4.90 Å². The third kappa shape index (κ3) is 3.25. The Morgan fingerprint density at radius 3 is 2.94 bits per heavy atom. The molecular formula is C11H14BrNOS2. The summed E-state index contributed by atoms with van der Waals surface area (Å²) in [6, 6.07) is 2.70. The normalized spacial score (nSPS) is 15.1. The average molecular weight is 320 g/mol. The summed E-state index contributed by atoms with van der Waals surface area (Å²) in [6.07, 6.45) is 3.37. The summed E-state index contributed by atoms with van der Waals surface area (Å²) in [4.78, 5) is 15.4. The molecule has 0 aliphatic heterocycles.